The summed E-state index contributed by atoms with van der Waals surface area (Å²) < 4.78 is 18.8. The minimum absolute atomic E-state index is 0.0664. The zero-order chi connectivity index (χ0) is 19.4. The molecule has 3 saturated heterocycles. The van der Waals surface area contributed by atoms with E-state index in [4.69, 9.17) is 14.2 Å². The molecule has 3 aliphatic heterocycles. The fourth-order valence-corrected chi connectivity index (χ4v) is 5.66. The molecular formula is C21H40N2O3. The first kappa shape index (κ1) is 20.5. The Morgan fingerprint density at radius 2 is 0.923 bits per heavy atom. The van der Waals surface area contributed by atoms with Gasteiger partial charge in [-0.15, -0.1) is 0 Å². The van der Waals surface area contributed by atoms with Crippen molar-refractivity contribution in [2.45, 2.75) is 121 Å². The van der Waals surface area contributed by atoms with Crippen LogP contribution in [0.15, 0.2) is 0 Å². The maximum atomic E-state index is 6.62. The highest BCUT2D eigenvalue weighted by molar-refractivity contribution is 5.01. The van der Waals surface area contributed by atoms with Gasteiger partial charge in [-0.25, -0.2) is 0 Å². The van der Waals surface area contributed by atoms with Gasteiger partial charge in [0.15, 0.2) is 0 Å². The average Bonchev–Trinajstić information content (AvgIpc) is 2.27. The summed E-state index contributed by atoms with van der Waals surface area (Å²) >= 11 is 0. The zero-order valence-electron chi connectivity index (χ0n) is 18.1. The van der Waals surface area contributed by atoms with Gasteiger partial charge in [-0.05, 0) is 81.1 Å². The smallest absolute Gasteiger partial charge is 0.216 e. The minimum atomic E-state index is -0.567. The largest absolute Gasteiger partial charge is 0.370 e. The van der Waals surface area contributed by atoms with Crippen LogP contribution >= 0.6 is 0 Å². The third kappa shape index (κ3) is 4.99. The molecule has 3 fully saturated rings. The molecule has 2 N–H and O–H groups in total. The highest BCUT2D eigenvalue weighted by atomic mass is 16.8. The average molecular weight is 369 g/mol. The maximum Gasteiger partial charge on any atom is 0.216 e. The van der Waals surface area contributed by atoms with Crippen LogP contribution in [0.5, 0.6) is 0 Å². The van der Waals surface area contributed by atoms with Crippen LogP contribution in [0.1, 0.15) is 81.1 Å². The van der Waals surface area contributed by atoms with E-state index in [1.165, 1.54) is 0 Å². The predicted molar refractivity (Wildman–Crippen MR) is 104 cm³/mol. The van der Waals surface area contributed by atoms with Gasteiger partial charge in [0.05, 0.1) is 12.2 Å². The van der Waals surface area contributed by atoms with Gasteiger partial charge in [0.1, 0.15) is 13.2 Å². The fourth-order valence-electron chi connectivity index (χ4n) is 5.66. The van der Waals surface area contributed by atoms with Crippen molar-refractivity contribution in [3.63, 3.8) is 0 Å². The Hall–Kier alpha value is -0.200. The van der Waals surface area contributed by atoms with E-state index in [2.05, 4.69) is 66.0 Å². The molecule has 152 valence electrons. The summed E-state index contributed by atoms with van der Waals surface area (Å²) in [7, 11) is 0. The van der Waals surface area contributed by atoms with Crippen molar-refractivity contribution in [2.75, 3.05) is 13.2 Å². The Kier molecular flexibility index (Phi) is 5.06. The van der Waals surface area contributed by atoms with E-state index in [0.717, 1.165) is 25.7 Å². The van der Waals surface area contributed by atoms with Gasteiger partial charge >= 0.3 is 0 Å². The fraction of sp³-hybridized carbons (Fsp3) is 1.00. The van der Waals surface area contributed by atoms with E-state index < -0.39 is 5.79 Å². The van der Waals surface area contributed by atoms with E-state index in [0.29, 0.717) is 13.2 Å². The van der Waals surface area contributed by atoms with Gasteiger partial charge in [0, 0.05) is 22.2 Å². The normalized spacial score (nSPS) is 32.8. The summed E-state index contributed by atoms with van der Waals surface area (Å²) in [5.41, 5.74) is 0.266. The first-order valence-electron chi connectivity index (χ1n) is 10.2. The van der Waals surface area contributed by atoms with Crippen molar-refractivity contribution >= 4 is 0 Å². The maximum absolute atomic E-state index is 6.62. The molecule has 26 heavy (non-hydrogen) atoms. The lowest BCUT2D eigenvalue weighted by atomic mass is 9.80. The molecule has 0 bridgehead atoms. The van der Waals surface area contributed by atoms with Crippen molar-refractivity contribution in [1.82, 2.24) is 10.6 Å². The standard InChI is InChI=1S/C21H40N2O3/c1-17(2)9-15(10-18(3,4)22-17)25-21(13-24-14-21)26-16-11-19(5,6)23-20(7,8)12-16/h15-16,22-23H,9-14H2,1-8H3. The Balaban J connectivity index is 1.68. The molecule has 0 saturated carbocycles. The SMILES string of the molecule is CC1(C)CC(OC2(OC3CC(C)(C)NC(C)(C)C3)COC2)CC(C)(C)N1. The Morgan fingerprint density at radius 3 is 1.15 bits per heavy atom. The van der Waals surface area contributed by atoms with Crippen molar-refractivity contribution in [3.05, 3.63) is 0 Å². The Morgan fingerprint density at radius 1 is 0.615 bits per heavy atom. The van der Waals surface area contributed by atoms with Crippen molar-refractivity contribution < 1.29 is 14.2 Å². The quantitative estimate of drug-likeness (QED) is 0.745. The molecule has 3 heterocycles. The van der Waals surface area contributed by atoms with Crippen LogP contribution in [-0.2, 0) is 14.2 Å². The second-order valence-corrected chi connectivity index (χ2v) is 11.5. The van der Waals surface area contributed by atoms with E-state index in [1.54, 1.807) is 0 Å². The monoisotopic (exact) mass is 368 g/mol. The summed E-state index contributed by atoms with van der Waals surface area (Å²) in [6, 6.07) is 0. The lowest BCUT2D eigenvalue weighted by Gasteiger charge is -2.53. The summed E-state index contributed by atoms with van der Waals surface area (Å²) in [6.07, 6.45) is 4.34. The third-order valence-electron chi connectivity index (χ3n) is 5.71. The van der Waals surface area contributed by atoms with Crippen LogP contribution < -0.4 is 10.6 Å². The van der Waals surface area contributed by atoms with Crippen molar-refractivity contribution in [3.8, 4) is 0 Å². The van der Waals surface area contributed by atoms with Gasteiger partial charge in [0.25, 0.3) is 0 Å². The molecule has 0 aromatic carbocycles. The predicted octanol–water partition coefficient (Wildman–Crippen LogP) is 3.36. The molecule has 3 rings (SSSR count). The van der Waals surface area contributed by atoms with E-state index in [9.17, 15) is 0 Å². The highest BCUT2D eigenvalue weighted by Crippen LogP contribution is 2.39. The minimum Gasteiger partial charge on any atom is -0.370 e. The molecule has 0 aliphatic carbocycles. The lowest BCUT2D eigenvalue weighted by Crippen LogP contribution is -2.65. The lowest BCUT2D eigenvalue weighted by molar-refractivity contribution is -0.376. The topological polar surface area (TPSA) is 51.8 Å². The van der Waals surface area contributed by atoms with Crippen molar-refractivity contribution in [2.24, 2.45) is 0 Å². The van der Waals surface area contributed by atoms with Gasteiger partial charge < -0.3 is 24.8 Å². The number of hydrogen-bond acceptors (Lipinski definition) is 5. The number of piperidine rings is 2. The molecule has 5 heteroatoms. The number of rotatable bonds is 4. The second kappa shape index (κ2) is 6.41. The second-order valence-electron chi connectivity index (χ2n) is 11.5. The van der Waals surface area contributed by atoms with Crippen LogP contribution in [-0.4, -0.2) is 53.4 Å². The van der Waals surface area contributed by atoms with Gasteiger partial charge in [-0.3, -0.25) is 0 Å². The summed E-state index contributed by atoms with van der Waals surface area (Å²) in [5, 5.41) is 7.45. The molecular weight excluding hydrogens is 328 g/mol. The number of ether oxygens (including phenoxy) is 3. The highest BCUT2D eigenvalue weighted by Gasteiger charge is 2.50. The van der Waals surface area contributed by atoms with Gasteiger partial charge in [-0.1, -0.05) is 0 Å². The zero-order valence-corrected chi connectivity index (χ0v) is 18.1. The van der Waals surface area contributed by atoms with Crippen LogP contribution in [0, 0.1) is 0 Å². The third-order valence-corrected chi connectivity index (χ3v) is 5.71. The molecule has 0 aromatic rings. The van der Waals surface area contributed by atoms with Crippen LogP contribution in [0.25, 0.3) is 0 Å². The molecule has 0 unspecified atom stereocenters. The molecule has 0 radical (unpaired) electrons. The molecule has 0 amide bonds. The van der Waals surface area contributed by atoms with Crippen LogP contribution in [0.4, 0.5) is 0 Å². The van der Waals surface area contributed by atoms with Gasteiger partial charge in [0.2, 0.25) is 5.79 Å². The Bertz CT molecular complexity index is 449. The molecule has 5 nitrogen and oxygen atoms in total. The molecule has 0 atom stereocenters. The summed E-state index contributed by atoms with van der Waals surface area (Å²) in [6.45, 7) is 19.1. The van der Waals surface area contributed by atoms with Crippen LogP contribution in [0.2, 0.25) is 0 Å². The number of hydrogen-bond donors (Lipinski definition) is 2. The summed E-state index contributed by atoms with van der Waals surface area (Å²) in [4.78, 5) is 0. The molecule has 0 aromatic heterocycles. The first-order chi connectivity index (χ1) is 11.7. The Labute approximate surface area is 159 Å². The van der Waals surface area contributed by atoms with Crippen LogP contribution in [0.3, 0.4) is 0 Å². The van der Waals surface area contributed by atoms with Crippen molar-refractivity contribution in [1.29, 1.82) is 0 Å². The first-order valence-corrected chi connectivity index (χ1v) is 10.2. The number of nitrogens with one attached hydrogen (secondary N) is 2. The van der Waals surface area contributed by atoms with E-state index >= 15 is 0 Å². The van der Waals surface area contributed by atoms with E-state index in [1.807, 2.05) is 0 Å². The van der Waals surface area contributed by atoms with Gasteiger partial charge in [-0.2, -0.15) is 0 Å². The molecule has 3 aliphatic rings. The molecule has 0 spiro atoms. The van der Waals surface area contributed by atoms with E-state index in [-0.39, 0.29) is 34.4 Å². The summed E-state index contributed by atoms with van der Waals surface area (Å²) in [5.74, 6) is -0.567.